The van der Waals surface area contributed by atoms with Crippen molar-refractivity contribution in [3.05, 3.63) is 29.3 Å². The van der Waals surface area contributed by atoms with E-state index in [9.17, 15) is 4.79 Å². The Labute approximate surface area is 148 Å². The molecule has 132 valence electrons. The summed E-state index contributed by atoms with van der Waals surface area (Å²) in [7, 11) is 4.13. The van der Waals surface area contributed by atoms with E-state index in [0.29, 0.717) is 29.2 Å². The summed E-state index contributed by atoms with van der Waals surface area (Å²) in [5, 5.41) is 0.582. The number of hydrogen-bond donors (Lipinski definition) is 3. The monoisotopic (exact) mass is 354 g/mol. The van der Waals surface area contributed by atoms with Gasteiger partial charge in [-0.2, -0.15) is 5.43 Å². The zero-order valence-corrected chi connectivity index (χ0v) is 15.3. The summed E-state index contributed by atoms with van der Waals surface area (Å²) >= 11 is 6.15. The van der Waals surface area contributed by atoms with Gasteiger partial charge in [-0.15, -0.1) is 0 Å². The minimum Gasteiger partial charge on any atom is -0.457 e. The SMILES string of the molecule is CCOC(=O)C(NNc1ccccc1Cl)=[N+](C)C1CC[NH+](C)CC1. The molecule has 1 aromatic rings. The number of ether oxygens (including phenoxy) is 1. The maximum Gasteiger partial charge on any atom is 0.423 e. The Hall–Kier alpha value is -1.79. The van der Waals surface area contributed by atoms with Gasteiger partial charge in [-0.1, -0.05) is 23.7 Å². The molecule has 1 aromatic carbocycles. The molecule has 0 saturated carbocycles. The lowest BCUT2D eigenvalue weighted by Crippen LogP contribution is -3.10. The van der Waals surface area contributed by atoms with Gasteiger partial charge in [0.05, 0.1) is 44.5 Å². The van der Waals surface area contributed by atoms with E-state index in [-0.39, 0.29) is 5.97 Å². The third kappa shape index (κ3) is 4.85. The van der Waals surface area contributed by atoms with Crippen LogP contribution in [0.5, 0.6) is 0 Å². The summed E-state index contributed by atoms with van der Waals surface area (Å²) in [6.45, 7) is 4.34. The van der Waals surface area contributed by atoms with Crippen LogP contribution in [0.25, 0.3) is 0 Å². The van der Waals surface area contributed by atoms with Crippen LogP contribution < -0.4 is 15.8 Å². The van der Waals surface area contributed by atoms with Crippen molar-refractivity contribution in [3.63, 3.8) is 0 Å². The third-order valence-electron chi connectivity index (χ3n) is 4.37. The first-order valence-electron chi connectivity index (χ1n) is 8.37. The molecule has 2 rings (SSSR count). The number of hydrazine groups is 1. The van der Waals surface area contributed by atoms with E-state index in [1.54, 1.807) is 13.0 Å². The van der Waals surface area contributed by atoms with Gasteiger partial charge in [-0.05, 0) is 19.1 Å². The number of carbonyl (C=O) groups excluding carboxylic acids is 1. The second-order valence-electron chi connectivity index (χ2n) is 6.10. The molecule has 0 amide bonds. The fourth-order valence-electron chi connectivity index (χ4n) is 2.84. The summed E-state index contributed by atoms with van der Waals surface area (Å²) < 4.78 is 7.18. The molecule has 0 radical (unpaired) electrons. The number of hydrogen-bond acceptors (Lipinski definition) is 3. The largest absolute Gasteiger partial charge is 0.457 e. The highest BCUT2D eigenvalue weighted by Gasteiger charge is 2.30. The molecule has 1 saturated heterocycles. The first-order chi connectivity index (χ1) is 11.5. The molecule has 0 atom stereocenters. The number of anilines is 1. The van der Waals surface area contributed by atoms with E-state index < -0.39 is 0 Å². The van der Waals surface area contributed by atoms with Gasteiger partial charge in [0.1, 0.15) is 6.04 Å². The van der Waals surface area contributed by atoms with Crippen molar-refractivity contribution in [3.8, 4) is 0 Å². The highest BCUT2D eigenvalue weighted by molar-refractivity contribution is 6.34. The van der Waals surface area contributed by atoms with Crippen molar-refractivity contribution in [1.29, 1.82) is 0 Å². The average Bonchev–Trinajstić information content (AvgIpc) is 2.57. The first kappa shape index (κ1) is 18.5. The van der Waals surface area contributed by atoms with Crippen molar-refractivity contribution in [2.75, 3.05) is 39.2 Å². The molecule has 0 aromatic heterocycles. The van der Waals surface area contributed by atoms with Gasteiger partial charge < -0.3 is 9.64 Å². The molecule has 6 nitrogen and oxygen atoms in total. The van der Waals surface area contributed by atoms with Crippen LogP contribution in [0.4, 0.5) is 5.69 Å². The van der Waals surface area contributed by atoms with E-state index in [2.05, 4.69) is 17.9 Å². The highest BCUT2D eigenvalue weighted by atomic mass is 35.5. The van der Waals surface area contributed by atoms with Crippen molar-refractivity contribution in [1.82, 2.24) is 5.43 Å². The Balaban J connectivity index is 2.16. The summed E-state index contributed by atoms with van der Waals surface area (Å²) in [6, 6.07) is 7.68. The number of amidine groups is 1. The molecule has 1 heterocycles. The van der Waals surface area contributed by atoms with Crippen LogP contribution >= 0.6 is 11.6 Å². The molecule has 7 heteroatoms. The number of piperidine rings is 1. The summed E-state index contributed by atoms with van der Waals surface area (Å²) in [4.78, 5) is 13.9. The Bertz CT molecular complexity index is 598. The Morgan fingerprint density at radius 3 is 2.67 bits per heavy atom. The van der Waals surface area contributed by atoms with E-state index in [4.69, 9.17) is 16.3 Å². The van der Waals surface area contributed by atoms with Crippen LogP contribution in [0, 0.1) is 0 Å². The van der Waals surface area contributed by atoms with Crippen molar-refractivity contribution >= 4 is 29.1 Å². The quantitative estimate of drug-likeness (QED) is 0.243. The second-order valence-corrected chi connectivity index (χ2v) is 6.51. The topological polar surface area (TPSA) is 57.8 Å². The number of benzene rings is 1. The first-order valence-corrected chi connectivity index (χ1v) is 8.75. The minimum atomic E-state index is -0.370. The number of likely N-dealkylation sites (tertiary alicyclic amines) is 1. The zero-order chi connectivity index (χ0) is 17.5. The Morgan fingerprint density at radius 2 is 2.04 bits per heavy atom. The van der Waals surface area contributed by atoms with Crippen molar-refractivity contribution < 1.29 is 19.0 Å². The number of quaternary nitrogens is 1. The van der Waals surface area contributed by atoms with E-state index in [1.807, 2.05) is 29.8 Å². The maximum absolute atomic E-state index is 12.4. The van der Waals surface area contributed by atoms with Gasteiger partial charge >= 0.3 is 11.8 Å². The third-order valence-corrected chi connectivity index (χ3v) is 4.70. The minimum absolute atomic E-state index is 0.314. The molecule has 24 heavy (non-hydrogen) atoms. The molecule has 3 N–H and O–H groups in total. The van der Waals surface area contributed by atoms with Crippen LogP contribution in [-0.2, 0) is 9.53 Å². The maximum atomic E-state index is 12.4. The van der Waals surface area contributed by atoms with Gasteiger partial charge in [0, 0.05) is 12.8 Å². The molecule has 0 unspecified atom stereocenters. The summed E-state index contributed by atoms with van der Waals surface area (Å²) in [5.41, 5.74) is 6.72. The molecule has 1 fully saturated rings. The van der Waals surface area contributed by atoms with E-state index in [1.165, 1.54) is 4.90 Å². The lowest BCUT2D eigenvalue weighted by atomic mass is 10.1. The Kier molecular flexibility index (Phi) is 6.87. The lowest BCUT2D eigenvalue weighted by molar-refractivity contribution is -0.889. The zero-order valence-electron chi connectivity index (χ0n) is 14.6. The van der Waals surface area contributed by atoms with Gasteiger partial charge in [0.2, 0.25) is 0 Å². The molecular weight excluding hydrogens is 328 g/mol. The molecule has 0 aliphatic carbocycles. The molecule has 0 bridgehead atoms. The average molecular weight is 355 g/mol. The number of carbonyl (C=O) groups is 1. The smallest absolute Gasteiger partial charge is 0.423 e. The van der Waals surface area contributed by atoms with Crippen LogP contribution in [0.2, 0.25) is 5.02 Å². The van der Waals surface area contributed by atoms with Gasteiger partial charge in [-0.25, -0.2) is 10.2 Å². The van der Waals surface area contributed by atoms with Crippen LogP contribution in [-0.4, -0.2) is 56.2 Å². The number of para-hydroxylation sites is 1. The molecule has 0 spiro atoms. The van der Waals surface area contributed by atoms with Crippen molar-refractivity contribution in [2.24, 2.45) is 0 Å². The Morgan fingerprint density at radius 1 is 1.38 bits per heavy atom. The molecule has 1 aliphatic heterocycles. The van der Waals surface area contributed by atoms with Gasteiger partial charge in [-0.3, -0.25) is 4.58 Å². The number of esters is 1. The molecular formula is C17H27ClN4O2+2. The molecule has 1 aliphatic rings. The van der Waals surface area contributed by atoms with E-state index >= 15 is 0 Å². The summed E-state index contributed by atoms with van der Waals surface area (Å²) in [5.74, 6) is 0.0344. The van der Waals surface area contributed by atoms with Gasteiger partial charge in [0.15, 0.2) is 0 Å². The highest BCUT2D eigenvalue weighted by Crippen LogP contribution is 2.19. The standard InChI is InChI=1S/C17H25ClN4O2/c1-4-24-17(23)16(20-19-15-8-6-5-7-14(15)18)22(3)13-9-11-21(2)12-10-13/h5-8,13H,4,9-12H2,1-3H3,(H,19,23)/p+2. The number of nitrogens with one attached hydrogen (secondary N) is 3. The predicted octanol–water partition coefficient (Wildman–Crippen LogP) is 0.538. The second kappa shape index (κ2) is 8.89. The van der Waals surface area contributed by atoms with E-state index in [0.717, 1.165) is 25.9 Å². The van der Waals surface area contributed by atoms with Gasteiger partial charge in [0.25, 0.3) is 0 Å². The normalized spacial score (nSPS) is 21.7. The number of nitrogens with zero attached hydrogens (tertiary/aromatic N) is 1. The summed E-state index contributed by atoms with van der Waals surface area (Å²) in [6.07, 6.45) is 2.08. The number of rotatable bonds is 4. The van der Waals surface area contributed by atoms with Crippen LogP contribution in [0.3, 0.4) is 0 Å². The van der Waals surface area contributed by atoms with Crippen molar-refractivity contribution in [2.45, 2.75) is 25.8 Å². The number of halogens is 1. The fourth-order valence-corrected chi connectivity index (χ4v) is 3.02. The van der Waals surface area contributed by atoms with Crippen LogP contribution in [0.1, 0.15) is 19.8 Å². The lowest BCUT2D eigenvalue weighted by Gasteiger charge is -2.26. The predicted molar refractivity (Wildman–Crippen MR) is 95.7 cm³/mol. The fraction of sp³-hybridized carbons (Fsp3) is 0.529. The van der Waals surface area contributed by atoms with Crippen LogP contribution in [0.15, 0.2) is 24.3 Å².